The molecule has 2 nitrogen and oxygen atoms in total. The minimum absolute atomic E-state index is 0.00369. The molecule has 0 amide bonds. The van der Waals surface area contributed by atoms with Crippen molar-refractivity contribution in [2.45, 2.75) is 63.7 Å². The molecule has 3 aliphatic rings. The van der Waals surface area contributed by atoms with Gasteiger partial charge in [0.15, 0.2) is 0 Å². The predicted octanol–water partition coefficient (Wildman–Crippen LogP) is 3.27. The second-order valence-corrected chi connectivity index (χ2v) is 8.91. The number of hydrogen-bond acceptors (Lipinski definition) is 2. The smallest absolute Gasteiger partial charge is 0.0742 e. The van der Waals surface area contributed by atoms with Crippen LogP contribution in [-0.2, 0) is 4.74 Å². The van der Waals surface area contributed by atoms with Crippen LogP contribution in [0.25, 0.3) is 0 Å². The second-order valence-electron chi connectivity index (χ2n) is 8.91. The van der Waals surface area contributed by atoms with Gasteiger partial charge in [-0.2, -0.15) is 0 Å². The van der Waals surface area contributed by atoms with Gasteiger partial charge in [0.25, 0.3) is 0 Å². The zero-order valence-electron chi connectivity index (χ0n) is 13.7. The van der Waals surface area contributed by atoms with Gasteiger partial charge in [-0.3, -0.25) is 4.90 Å². The molecule has 3 rings (SSSR count). The summed E-state index contributed by atoms with van der Waals surface area (Å²) in [7, 11) is 8.88. The third-order valence-corrected chi connectivity index (χ3v) is 6.28. The molecule has 2 aliphatic heterocycles. The Hall–Kier alpha value is -0.0151. The maximum absolute atomic E-state index is 6.58. The van der Waals surface area contributed by atoms with Gasteiger partial charge in [-0.25, -0.2) is 0 Å². The van der Waals surface area contributed by atoms with Crippen LogP contribution in [0.3, 0.4) is 0 Å². The third-order valence-electron chi connectivity index (χ3n) is 6.28. The van der Waals surface area contributed by atoms with Gasteiger partial charge in [-0.05, 0) is 50.1 Å². The number of piperidine rings is 1. The van der Waals surface area contributed by atoms with E-state index in [1.54, 1.807) is 0 Å². The normalized spacial score (nSPS) is 44.2. The Morgan fingerprint density at radius 3 is 2.45 bits per heavy atom. The summed E-state index contributed by atoms with van der Waals surface area (Å²) in [5.74, 6) is 1.64. The highest BCUT2D eigenvalue weighted by molar-refractivity contribution is 6.14. The van der Waals surface area contributed by atoms with Crippen LogP contribution in [-0.4, -0.2) is 45.1 Å². The number of hydrogen-bond donors (Lipinski definition) is 0. The summed E-state index contributed by atoms with van der Waals surface area (Å²) in [6, 6.07) is 0. The SMILES string of the molecule is [B]C1(C)CCC2C(CCN(C)C23COC3)CC(C)(C)C1. The van der Waals surface area contributed by atoms with E-state index in [0.717, 1.165) is 37.9 Å². The van der Waals surface area contributed by atoms with E-state index in [0.29, 0.717) is 11.0 Å². The molecule has 0 aromatic rings. The fourth-order valence-corrected chi connectivity index (χ4v) is 5.45. The Morgan fingerprint density at radius 1 is 1.15 bits per heavy atom. The van der Waals surface area contributed by atoms with Crippen LogP contribution in [0.5, 0.6) is 0 Å². The van der Waals surface area contributed by atoms with Crippen molar-refractivity contribution in [3.63, 3.8) is 0 Å². The summed E-state index contributed by atoms with van der Waals surface area (Å²) < 4.78 is 5.64. The molecule has 0 bridgehead atoms. The Morgan fingerprint density at radius 2 is 1.85 bits per heavy atom. The van der Waals surface area contributed by atoms with Gasteiger partial charge in [0.05, 0.1) is 26.6 Å². The van der Waals surface area contributed by atoms with E-state index in [1.165, 1.54) is 25.8 Å². The van der Waals surface area contributed by atoms with E-state index in [9.17, 15) is 0 Å². The summed E-state index contributed by atoms with van der Waals surface area (Å²) in [4.78, 5) is 2.58. The zero-order chi connectivity index (χ0) is 14.6. The van der Waals surface area contributed by atoms with Crippen molar-refractivity contribution in [3.05, 3.63) is 0 Å². The number of nitrogens with zero attached hydrogens (tertiary/aromatic N) is 1. The average molecular weight is 275 g/mol. The Labute approximate surface area is 126 Å². The summed E-state index contributed by atoms with van der Waals surface area (Å²) in [5.41, 5.74) is 0.695. The van der Waals surface area contributed by atoms with E-state index in [4.69, 9.17) is 12.6 Å². The van der Waals surface area contributed by atoms with E-state index in [1.807, 2.05) is 0 Å². The molecule has 3 fully saturated rings. The van der Waals surface area contributed by atoms with Crippen LogP contribution in [0, 0.1) is 17.3 Å². The molecule has 2 radical (unpaired) electrons. The Bertz CT molecular complexity index is 375. The highest BCUT2D eigenvalue weighted by atomic mass is 16.5. The van der Waals surface area contributed by atoms with Gasteiger partial charge in [0.2, 0.25) is 0 Å². The molecule has 20 heavy (non-hydrogen) atoms. The van der Waals surface area contributed by atoms with E-state index in [2.05, 4.69) is 32.7 Å². The lowest BCUT2D eigenvalue weighted by Gasteiger charge is -2.60. The third kappa shape index (κ3) is 2.45. The van der Waals surface area contributed by atoms with E-state index < -0.39 is 0 Å². The minimum atomic E-state index is -0.00369. The van der Waals surface area contributed by atoms with E-state index in [-0.39, 0.29) is 5.31 Å². The molecule has 0 aromatic carbocycles. The summed E-state index contributed by atoms with van der Waals surface area (Å²) in [6.07, 6.45) is 6.28. The fraction of sp³-hybridized carbons (Fsp3) is 1.00. The highest BCUT2D eigenvalue weighted by Gasteiger charge is 2.55. The van der Waals surface area contributed by atoms with Crippen molar-refractivity contribution in [3.8, 4) is 0 Å². The topological polar surface area (TPSA) is 12.5 Å². The average Bonchev–Trinajstić information content (AvgIpc) is 2.23. The van der Waals surface area contributed by atoms with Gasteiger partial charge >= 0.3 is 0 Å². The molecule has 2 saturated heterocycles. The number of ether oxygens (including phenoxy) is 1. The number of likely N-dealkylation sites (N-methyl/N-ethyl adjacent to an activating group) is 1. The number of likely N-dealkylation sites (tertiary alicyclic amines) is 1. The lowest BCUT2D eigenvalue weighted by Crippen LogP contribution is -2.69. The van der Waals surface area contributed by atoms with Crippen molar-refractivity contribution in [1.29, 1.82) is 0 Å². The maximum atomic E-state index is 6.58. The minimum Gasteiger partial charge on any atom is -0.377 e. The molecule has 2 heterocycles. The molecule has 1 saturated carbocycles. The molecule has 0 N–H and O–H groups in total. The summed E-state index contributed by atoms with van der Waals surface area (Å²) in [6.45, 7) is 10.2. The van der Waals surface area contributed by atoms with Gasteiger partial charge in [-0.1, -0.05) is 38.9 Å². The van der Waals surface area contributed by atoms with Gasteiger partial charge in [0, 0.05) is 0 Å². The van der Waals surface area contributed by atoms with Crippen molar-refractivity contribution in [2.24, 2.45) is 17.3 Å². The molecule has 3 unspecified atom stereocenters. The maximum Gasteiger partial charge on any atom is 0.0742 e. The largest absolute Gasteiger partial charge is 0.377 e. The fourth-order valence-electron chi connectivity index (χ4n) is 5.45. The lowest BCUT2D eigenvalue weighted by molar-refractivity contribution is -0.196. The summed E-state index contributed by atoms with van der Waals surface area (Å²) >= 11 is 0. The van der Waals surface area contributed by atoms with Gasteiger partial charge in [-0.15, -0.1) is 0 Å². The van der Waals surface area contributed by atoms with Crippen LogP contribution in [0.1, 0.15) is 52.9 Å². The van der Waals surface area contributed by atoms with Crippen molar-refractivity contribution >= 4 is 7.85 Å². The highest BCUT2D eigenvalue weighted by Crippen LogP contribution is 2.54. The van der Waals surface area contributed by atoms with Crippen molar-refractivity contribution < 1.29 is 4.74 Å². The van der Waals surface area contributed by atoms with Crippen LogP contribution in [0.15, 0.2) is 0 Å². The van der Waals surface area contributed by atoms with Gasteiger partial charge in [0.1, 0.15) is 0 Å². The lowest BCUT2D eigenvalue weighted by atomic mass is 9.52. The Balaban J connectivity index is 1.87. The molecule has 1 aliphatic carbocycles. The van der Waals surface area contributed by atoms with Crippen LogP contribution >= 0.6 is 0 Å². The second kappa shape index (κ2) is 4.74. The molecule has 3 atom stereocenters. The first-order valence-electron chi connectivity index (χ1n) is 8.32. The predicted molar refractivity (Wildman–Crippen MR) is 84.1 cm³/mol. The number of fused-ring (bicyclic) bond motifs is 2. The molecule has 0 aromatic heterocycles. The standard InChI is InChI=1S/C17H30BNO/c1-15(2)9-13-6-8-19(4)17(11-20-12-17)14(13)5-7-16(3,18)10-15/h13-14H,5-12H2,1-4H3. The van der Waals surface area contributed by atoms with Gasteiger partial charge < -0.3 is 4.74 Å². The van der Waals surface area contributed by atoms with Crippen LogP contribution in [0.2, 0.25) is 5.31 Å². The van der Waals surface area contributed by atoms with Crippen LogP contribution in [0.4, 0.5) is 0 Å². The van der Waals surface area contributed by atoms with E-state index >= 15 is 0 Å². The first kappa shape index (κ1) is 14.9. The molecular weight excluding hydrogens is 245 g/mol. The first-order valence-corrected chi connectivity index (χ1v) is 8.32. The molecular formula is C17H30BNO. The Kier molecular flexibility index (Phi) is 3.53. The summed E-state index contributed by atoms with van der Waals surface area (Å²) in [5, 5.41) is -0.00369. The van der Waals surface area contributed by atoms with Crippen molar-refractivity contribution in [1.82, 2.24) is 4.90 Å². The monoisotopic (exact) mass is 275 g/mol. The zero-order valence-corrected chi connectivity index (χ0v) is 13.7. The molecule has 1 spiro atoms. The molecule has 3 heteroatoms. The van der Waals surface area contributed by atoms with Crippen LogP contribution < -0.4 is 0 Å². The first-order chi connectivity index (χ1) is 9.24. The molecule has 112 valence electrons. The quantitative estimate of drug-likeness (QED) is 0.629. The van der Waals surface area contributed by atoms with Crippen molar-refractivity contribution in [2.75, 3.05) is 26.8 Å². The number of rotatable bonds is 0.